The average Bonchev–Trinajstić information content (AvgIpc) is 3.07. The van der Waals surface area contributed by atoms with Crippen LogP contribution >= 0.6 is 23.1 Å². The molecule has 0 aromatic carbocycles. The van der Waals surface area contributed by atoms with Crippen molar-refractivity contribution in [1.82, 2.24) is 4.98 Å². The first-order valence-electron chi connectivity index (χ1n) is 6.28. The summed E-state index contributed by atoms with van der Waals surface area (Å²) < 4.78 is 0. The van der Waals surface area contributed by atoms with Gasteiger partial charge in [-0.1, -0.05) is 12.1 Å². The maximum atomic E-state index is 9.39. The molecule has 3 heterocycles. The number of nitrogens with zero attached hydrogens (tertiary/aromatic N) is 2. The summed E-state index contributed by atoms with van der Waals surface area (Å²) in [6.45, 7) is 0. The Labute approximate surface area is 126 Å². The van der Waals surface area contributed by atoms with Crippen molar-refractivity contribution < 1.29 is 0 Å². The Morgan fingerprint density at radius 3 is 2.90 bits per heavy atom. The van der Waals surface area contributed by atoms with Gasteiger partial charge < -0.3 is 5.73 Å². The topological polar surface area (TPSA) is 62.7 Å². The van der Waals surface area contributed by atoms with Crippen LogP contribution in [-0.4, -0.2) is 10.2 Å². The molecular weight excluding hydrogens is 286 g/mol. The van der Waals surface area contributed by atoms with Gasteiger partial charge in [-0.2, -0.15) is 5.26 Å². The van der Waals surface area contributed by atoms with E-state index in [1.54, 1.807) is 29.3 Å². The highest BCUT2D eigenvalue weighted by Gasteiger charge is 2.36. The first kappa shape index (κ1) is 13.2. The summed E-state index contributed by atoms with van der Waals surface area (Å²) >= 11 is 3.36. The van der Waals surface area contributed by atoms with E-state index in [9.17, 15) is 5.26 Å². The molecule has 3 nitrogen and oxygen atoms in total. The van der Waals surface area contributed by atoms with E-state index >= 15 is 0 Å². The summed E-state index contributed by atoms with van der Waals surface area (Å²) in [6.07, 6.45) is 4.51. The third-order valence-electron chi connectivity index (χ3n) is 3.37. The van der Waals surface area contributed by atoms with E-state index in [1.165, 1.54) is 4.88 Å². The molecule has 5 heteroatoms. The minimum Gasteiger partial charge on any atom is -0.393 e. The molecule has 0 saturated carbocycles. The molecule has 1 aliphatic rings. The van der Waals surface area contributed by atoms with Crippen molar-refractivity contribution in [2.24, 2.45) is 5.73 Å². The summed E-state index contributed by atoms with van der Waals surface area (Å²) in [5, 5.41) is 12.4. The van der Waals surface area contributed by atoms with Crippen LogP contribution in [0.1, 0.15) is 16.4 Å². The number of nitrogens with two attached hydrogens (primary N) is 1. The minimum absolute atomic E-state index is 0.0424. The van der Waals surface area contributed by atoms with Crippen molar-refractivity contribution in [3.63, 3.8) is 0 Å². The van der Waals surface area contributed by atoms with Gasteiger partial charge in [-0.3, -0.25) is 4.98 Å². The lowest BCUT2D eigenvalue weighted by molar-refractivity contribution is 0.751. The second-order valence-corrected chi connectivity index (χ2v) is 6.91. The van der Waals surface area contributed by atoms with Gasteiger partial charge in [-0.25, -0.2) is 0 Å². The molecule has 0 aliphatic carbocycles. The van der Waals surface area contributed by atoms with Crippen LogP contribution in [0.15, 0.2) is 52.6 Å². The van der Waals surface area contributed by atoms with Crippen LogP contribution in [0.5, 0.6) is 0 Å². The number of aromatic nitrogens is 1. The molecule has 2 aromatic rings. The molecule has 0 bridgehead atoms. The molecule has 100 valence electrons. The van der Waals surface area contributed by atoms with E-state index in [-0.39, 0.29) is 11.2 Å². The molecule has 20 heavy (non-hydrogen) atoms. The summed E-state index contributed by atoms with van der Waals surface area (Å²) in [5.74, 6) is 0.0424. The largest absolute Gasteiger partial charge is 0.393 e. The fourth-order valence-electron chi connectivity index (χ4n) is 2.49. The molecule has 0 fully saturated rings. The zero-order valence-corrected chi connectivity index (χ0v) is 12.3. The third-order valence-corrected chi connectivity index (χ3v) is 5.49. The number of nitriles is 1. The number of thioether (sulfide) groups is 1. The lowest BCUT2D eigenvalue weighted by atomic mass is 9.88. The Kier molecular flexibility index (Phi) is 3.77. The smallest absolute Gasteiger partial charge is 0.0981 e. The highest BCUT2D eigenvalue weighted by molar-refractivity contribution is 8.04. The number of allylic oxidation sites excluding steroid dienone is 1. The number of hydrogen-bond acceptors (Lipinski definition) is 5. The third kappa shape index (κ3) is 2.45. The van der Waals surface area contributed by atoms with Crippen LogP contribution in [0.3, 0.4) is 0 Å². The Balaban J connectivity index is 1.94. The van der Waals surface area contributed by atoms with Crippen LogP contribution < -0.4 is 5.73 Å². The van der Waals surface area contributed by atoms with Gasteiger partial charge in [0.2, 0.25) is 0 Å². The standard InChI is InChI=1S/C15H13N3S2/c16-8-12-14(10-3-1-5-18-9-10)13(20-15(12)17)7-11-4-2-6-19-11/h1-6,9,13-14H,7,17H2/t13-,14-/m1/s1. The van der Waals surface area contributed by atoms with Gasteiger partial charge in [0.25, 0.3) is 0 Å². The quantitative estimate of drug-likeness (QED) is 0.944. The summed E-state index contributed by atoms with van der Waals surface area (Å²) in [6, 6.07) is 10.4. The van der Waals surface area contributed by atoms with E-state index in [0.29, 0.717) is 10.6 Å². The van der Waals surface area contributed by atoms with Crippen LogP contribution in [0, 0.1) is 11.3 Å². The van der Waals surface area contributed by atoms with E-state index in [1.807, 2.05) is 18.3 Å². The normalized spacial score (nSPS) is 21.9. The predicted molar refractivity (Wildman–Crippen MR) is 83.2 cm³/mol. The van der Waals surface area contributed by atoms with Gasteiger partial charge in [-0.15, -0.1) is 23.1 Å². The van der Waals surface area contributed by atoms with Crippen molar-refractivity contribution in [3.05, 3.63) is 63.1 Å². The van der Waals surface area contributed by atoms with E-state index in [2.05, 4.69) is 28.6 Å². The maximum absolute atomic E-state index is 9.39. The molecule has 1 aliphatic heterocycles. The van der Waals surface area contributed by atoms with Gasteiger partial charge in [-0.05, 0) is 29.5 Å². The Morgan fingerprint density at radius 2 is 2.25 bits per heavy atom. The van der Waals surface area contributed by atoms with Gasteiger partial charge >= 0.3 is 0 Å². The second-order valence-electron chi connectivity index (χ2n) is 4.59. The molecule has 2 N–H and O–H groups in total. The van der Waals surface area contributed by atoms with Crippen molar-refractivity contribution in [1.29, 1.82) is 5.26 Å². The summed E-state index contributed by atoms with van der Waals surface area (Å²) in [4.78, 5) is 5.50. The molecule has 0 saturated heterocycles. The van der Waals surface area contributed by atoms with Crippen molar-refractivity contribution in [3.8, 4) is 6.07 Å². The molecule has 2 aromatic heterocycles. The SMILES string of the molecule is N#CC1=C(N)S[C@H](Cc2cccs2)[C@@H]1c1cccnc1. The predicted octanol–water partition coefficient (Wildman–Crippen LogP) is 3.28. The zero-order chi connectivity index (χ0) is 13.9. The van der Waals surface area contributed by atoms with Gasteiger partial charge in [0.1, 0.15) is 0 Å². The monoisotopic (exact) mass is 299 g/mol. The Hall–Kier alpha value is -1.77. The molecule has 0 amide bonds. The fraction of sp³-hybridized carbons (Fsp3) is 0.200. The molecule has 0 radical (unpaired) electrons. The Morgan fingerprint density at radius 1 is 1.35 bits per heavy atom. The van der Waals surface area contributed by atoms with Gasteiger partial charge in [0, 0.05) is 28.4 Å². The van der Waals surface area contributed by atoms with E-state index < -0.39 is 0 Å². The number of pyridine rings is 1. The van der Waals surface area contributed by atoms with Crippen LogP contribution in [0.2, 0.25) is 0 Å². The first-order chi connectivity index (χ1) is 9.79. The summed E-state index contributed by atoms with van der Waals surface area (Å²) in [5.41, 5.74) is 7.79. The maximum Gasteiger partial charge on any atom is 0.0981 e. The zero-order valence-electron chi connectivity index (χ0n) is 10.7. The van der Waals surface area contributed by atoms with Crippen LogP contribution in [0.25, 0.3) is 0 Å². The second kappa shape index (κ2) is 5.70. The number of rotatable bonds is 3. The van der Waals surface area contributed by atoms with Crippen LogP contribution in [-0.2, 0) is 6.42 Å². The van der Waals surface area contributed by atoms with Gasteiger partial charge in [0.05, 0.1) is 16.7 Å². The van der Waals surface area contributed by atoms with Gasteiger partial charge in [0.15, 0.2) is 0 Å². The molecule has 3 rings (SSSR count). The summed E-state index contributed by atoms with van der Waals surface area (Å²) in [7, 11) is 0. The van der Waals surface area contributed by atoms with E-state index in [0.717, 1.165) is 12.0 Å². The first-order valence-corrected chi connectivity index (χ1v) is 8.04. The molecule has 0 unspecified atom stereocenters. The number of hydrogen-bond donors (Lipinski definition) is 1. The highest BCUT2D eigenvalue weighted by atomic mass is 32.2. The molecule has 2 atom stereocenters. The minimum atomic E-state index is 0.0424. The molecule has 0 spiro atoms. The lowest BCUT2D eigenvalue weighted by Crippen LogP contribution is -2.15. The fourth-order valence-corrected chi connectivity index (χ4v) is 4.67. The van der Waals surface area contributed by atoms with Crippen LogP contribution in [0.4, 0.5) is 0 Å². The highest BCUT2D eigenvalue weighted by Crippen LogP contribution is 2.46. The average molecular weight is 299 g/mol. The van der Waals surface area contributed by atoms with Crippen molar-refractivity contribution in [2.75, 3.05) is 0 Å². The van der Waals surface area contributed by atoms with Crippen molar-refractivity contribution in [2.45, 2.75) is 17.6 Å². The molecular formula is C15H13N3S2. The lowest BCUT2D eigenvalue weighted by Gasteiger charge is -2.19. The van der Waals surface area contributed by atoms with E-state index in [4.69, 9.17) is 5.73 Å². The number of thiophene rings is 1. The van der Waals surface area contributed by atoms with Crippen molar-refractivity contribution >= 4 is 23.1 Å². The Bertz CT molecular complexity index is 656.